The second-order valence-electron chi connectivity index (χ2n) is 4.55. The Morgan fingerprint density at radius 2 is 2.15 bits per heavy atom. The SMILES string of the molecule is C[C@@H](N)c1cc(F)ccc1OCCn1ccccc1=O. The van der Waals surface area contributed by atoms with Gasteiger partial charge in [0.05, 0.1) is 6.54 Å². The summed E-state index contributed by atoms with van der Waals surface area (Å²) < 4.78 is 20.3. The zero-order valence-corrected chi connectivity index (χ0v) is 11.3. The number of aromatic nitrogens is 1. The topological polar surface area (TPSA) is 57.2 Å². The van der Waals surface area contributed by atoms with Crippen molar-refractivity contribution in [2.45, 2.75) is 19.5 Å². The number of nitrogens with zero attached hydrogens (tertiary/aromatic N) is 1. The molecule has 0 bridgehead atoms. The number of nitrogens with two attached hydrogens (primary N) is 1. The van der Waals surface area contributed by atoms with Gasteiger partial charge in [-0.2, -0.15) is 0 Å². The summed E-state index contributed by atoms with van der Waals surface area (Å²) in [6, 6.07) is 8.90. The van der Waals surface area contributed by atoms with E-state index < -0.39 is 0 Å². The standard InChI is InChI=1S/C15H17FN2O2/c1-11(17)13-10-12(16)5-6-14(13)20-9-8-18-7-3-2-4-15(18)19/h2-7,10-11H,8-9,17H2,1H3/t11-/m1/s1. The van der Waals surface area contributed by atoms with Crippen LogP contribution in [0.2, 0.25) is 0 Å². The lowest BCUT2D eigenvalue weighted by Crippen LogP contribution is -2.21. The van der Waals surface area contributed by atoms with E-state index in [1.165, 1.54) is 18.2 Å². The number of rotatable bonds is 5. The smallest absolute Gasteiger partial charge is 0.250 e. The Bertz CT molecular complexity index is 638. The quantitative estimate of drug-likeness (QED) is 0.909. The predicted octanol–water partition coefficient (Wildman–Crippen LogP) is 2.09. The van der Waals surface area contributed by atoms with Crippen molar-refractivity contribution in [3.05, 3.63) is 64.3 Å². The molecule has 0 spiro atoms. The highest BCUT2D eigenvalue weighted by Gasteiger charge is 2.09. The summed E-state index contributed by atoms with van der Waals surface area (Å²) in [6.07, 6.45) is 1.70. The Labute approximate surface area is 116 Å². The Morgan fingerprint density at radius 1 is 1.35 bits per heavy atom. The summed E-state index contributed by atoms with van der Waals surface area (Å²) in [7, 11) is 0. The van der Waals surface area contributed by atoms with Crippen molar-refractivity contribution < 1.29 is 9.13 Å². The van der Waals surface area contributed by atoms with E-state index in [4.69, 9.17) is 10.5 Å². The molecule has 2 aromatic rings. The minimum atomic E-state index is -0.344. The molecule has 0 aliphatic rings. The van der Waals surface area contributed by atoms with Gasteiger partial charge in [0.1, 0.15) is 18.2 Å². The van der Waals surface area contributed by atoms with E-state index in [0.717, 1.165) is 0 Å². The van der Waals surface area contributed by atoms with Crippen LogP contribution in [0.15, 0.2) is 47.4 Å². The van der Waals surface area contributed by atoms with Crippen LogP contribution < -0.4 is 16.0 Å². The number of benzene rings is 1. The molecule has 0 aliphatic heterocycles. The highest BCUT2D eigenvalue weighted by atomic mass is 19.1. The molecule has 0 radical (unpaired) electrons. The third-order valence-electron chi connectivity index (χ3n) is 2.95. The van der Waals surface area contributed by atoms with E-state index in [-0.39, 0.29) is 17.4 Å². The van der Waals surface area contributed by atoms with Crippen LogP contribution in [0.1, 0.15) is 18.5 Å². The van der Waals surface area contributed by atoms with Gasteiger partial charge in [-0.25, -0.2) is 4.39 Å². The lowest BCUT2D eigenvalue weighted by molar-refractivity contribution is 0.292. The van der Waals surface area contributed by atoms with Crippen LogP contribution in [-0.4, -0.2) is 11.2 Å². The van der Waals surface area contributed by atoms with Gasteiger partial charge >= 0.3 is 0 Å². The molecule has 20 heavy (non-hydrogen) atoms. The third kappa shape index (κ3) is 3.45. The Kier molecular flexibility index (Phi) is 4.53. The molecular weight excluding hydrogens is 259 g/mol. The first-order valence-corrected chi connectivity index (χ1v) is 6.41. The normalized spacial score (nSPS) is 12.2. The van der Waals surface area contributed by atoms with Crippen LogP contribution in [0, 0.1) is 5.82 Å². The predicted molar refractivity (Wildman–Crippen MR) is 75.2 cm³/mol. The molecule has 1 heterocycles. The van der Waals surface area contributed by atoms with E-state index in [1.807, 2.05) is 0 Å². The maximum absolute atomic E-state index is 13.2. The number of ether oxygens (including phenoxy) is 1. The molecule has 106 valence electrons. The molecule has 1 atom stereocenters. The largest absolute Gasteiger partial charge is 0.491 e. The summed E-state index contributed by atoms with van der Waals surface area (Å²) in [5, 5.41) is 0. The summed E-state index contributed by atoms with van der Waals surface area (Å²) in [5.41, 5.74) is 6.32. The molecule has 0 amide bonds. The summed E-state index contributed by atoms with van der Waals surface area (Å²) in [5.74, 6) is 0.203. The Balaban J connectivity index is 2.05. The molecular formula is C15H17FN2O2. The second kappa shape index (κ2) is 6.34. The first-order valence-electron chi connectivity index (χ1n) is 6.41. The zero-order chi connectivity index (χ0) is 14.5. The molecule has 2 N–H and O–H groups in total. The zero-order valence-electron chi connectivity index (χ0n) is 11.3. The molecule has 0 unspecified atom stereocenters. The van der Waals surface area contributed by atoms with Gasteiger partial charge in [-0.1, -0.05) is 6.07 Å². The van der Waals surface area contributed by atoms with Gasteiger partial charge in [0.25, 0.3) is 5.56 Å². The van der Waals surface area contributed by atoms with E-state index >= 15 is 0 Å². The maximum Gasteiger partial charge on any atom is 0.250 e. The maximum atomic E-state index is 13.2. The highest BCUT2D eigenvalue weighted by Crippen LogP contribution is 2.24. The number of hydrogen-bond donors (Lipinski definition) is 1. The van der Waals surface area contributed by atoms with Gasteiger partial charge in [0.2, 0.25) is 0 Å². The van der Waals surface area contributed by atoms with E-state index in [9.17, 15) is 9.18 Å². The van der Waals surface area contributed by atoms with Crippen LogP contribution in [0.3, 0.4) is 0 Å². The van der Waals surface area contributed by atoms with Crippen LogP contribution in [0.4, 0.5) is 4.39 Å². The molecule has 0 saturated heterocycles. The fourth-order valence-corrected chi connectivity index (χ4v) is 1.91. The van der Waals surface area contributed by atoms with Crippen molar-refractivity contribution in [3.63, 3.8) is 0 Å². The van der Waals surface area contributed by atoms with Gasteiger partial charge in [-0.15, -0.1) is 0 Å². The Morgan fingerprint density at radius 3 is 2.85 bits per heavy atom. The second-order valence-corrected chi connectivity index (χ2v) is 4.55. The van der Waals surface area contributed by atoms with Crippen LogP contribution in [0.25, 0.3) is 0 Å². The van der Waals surface area contributed by atoms with Gasteiger partial charge in [-0.3, -0.25) is 4.79 Å². The summed E-state index contributed by atoms with van der Waals surface area (Å²) in [6.45, 7) is 2.51. The minimum Gasteiger partial charge on any atom is -0.491 e. The average molecular weight is 276 g/mol. The number of halogens is 1. The lowest BCUT2D eigenvalue weighted by atomic mass is 10.1. The van der Waals surface area contributed by atoms with Crippen molar-refractivity contribution >= 4 is 0 Å². The summed E-state index contributed by atoms with van der Waals surface area (Å²) >= 11 is 0. The molecule has 1 aromatic carbocycles. The van der Waals surface area contributed by atoms with Crippen LogP contribution in [-0.2, 0) is 6.54 Å². The molecule has 0 saturated carbocycles. The fraction of sp³-hybridized carbons (Fsp3) is 0.267. The molecule has 0 aliphatic carbocycles. The third-order valence-corrected chi connectivity index (χ3v) is 2.95. The average Bonchev–Trinajstić information content (AvgIpc) is 2.42. The van der Waals surface area contributed by atoms with Crippen molar-refractivity contribution in [2.24, 2.45) is 5.73 Å². The van der Waals surface area contributed by atoms with Gasteiger partial charge in [0.15, 0.2) is 0 Å². The van der Waals surface area contributed by atoms with E-state index in [2.05, 4.69) is 0 Å². The van der Waals surface area contributed by atoms with Crippen molar-refractivity contribution in [1.29, 1.82) is 0 Å². The van der Waals surface area contributed by atoms with Crippen LogP contribution in [0.5, 0.6) is 5.75 Å². The number of hydrogen-bond acceptors (Lipinski definition) is 3. The highest BCUT2D eigenvalue weighted by molar-refractivity contribution is 5.36. The van der Waals surface area contributed by atoms with Crippen molar-refractivity contribution in [2.75, 3.05) is 6.61 Å². The van der Waals surface area contributed by atoms with Gasteiger partial charge in [0, 0.05) is 23.9 Å². The van der Waals surface area contributed by atoms with E-state index in [0.29, 0.717) is 24.5 Å². The molecule has 0 fully saturated rings. The van der Waals surface area contributed by atoms with E-state index in [1.54, 1.807) is 35.9 Å². The minimum absolute atomic E-state index is 0.0809. The fourth-order valence-electron chi connectivity index (χ4n) is 1.91. The molecule has 5 heteroatoms. The number of pyridine rings is 1. The van der Waals surface area contributed by atoms with Crippen molar-refractivity contribution in [1.82, 2.24) is 4.57 Å². The van der Waals surface area contributed by atoms with Crippen molar-refractivity contribution in [3.8, 4) is 5.75 Å². The monoisotopic (exact) mass is 276 g/mol. The lowest BCUT2D eigenvalue weighted by Gasteiger charge is -2.14. The summed E-state index contributed by atoms with van der Waals surface area (Å²) in [4.78, 5) is 11.5. The first-order chi connectivity index (χ1) is 9.58. The van der Waals surface area contributed by atoms with Gasteiger partial charge < -0.3 is 15.0 Å². The first kappa shape index (κ1) is 14.3. The van der Waals surface area contributed by atoms with Gasteiger partial charge in [-0.05, 0) is 31.2 Å². The van der Waals surface area contributed by atoms with Crippen LogP contribution >= 0.6 is 0 Å². The molecule has 2 rings (SSSR count). The Hall–Kier alpha value is -2.14. The molecule has 1 aromatic heterocycles. The molecule has 4 nitrogen and oxygen atoms in total.